The lowest BCUT2D eigenvalue weighted by atomic mass is 9.87. The predicted octanol–water partition coefficient (Wildman–Crippen LogP) is 3.29. The van der Waals surface area contributed by atoms with Crippen molar-refractivity contribution in [3.63, 3.8) is 0 Å². The summed E-state index contributed by atoms with van der Waals surface area (Å²) in [4.78, 5) is 12.4. The van der Waals surface area contributed by atoms with E-state index < -0.39 is 0 Å². The van der Waals surface area contributed by atoms with Crippen LogP contribution in [0.5, 0.6) is 5.75 Å². The molecule has 1 aromatic carbocycles. The third-order valence-corrected chi connectivity index (χ3v) is 4.93. The summed E-state index contributed by atoms with van der Waals surface area (Å²) in [6.45, 7) is 1.08. The number of amides is 1. The molecule has 4 nitrogen and oxygen atoms in total. The van der Waals surface area contributed by atoms with Crippen molar-refractivity contribution in [2.24, 2.45) is 5.92 Å². The van der Waals surface area contributed by atoms with Gasteiger partial charge in [-0.2, -0.15) is 0 Å². The van der Waals surface area contributed by atoms with Crippen molar-refractivity contribution in [3.8, 4) is 5.75 Å². The van der Waals surface area contributed by atoms with Crippen LogP contribution in [0.1, 0.15) is 24.2 Å². The van der Waals surface area contributed by atoms with Crippen LogP contribution in [0.3, 0.4) is 0 Å². The van der Waals surface area contributed by atoms with Gasteiger partial charge in [-0.1, -0.05) is 11.6 Å². The largest absolute Gasteiger partial charge is 0.493 e. The molecule has 1 saturated carbocycles. The van der Waals surface area contributed by atoms with Crippen molar-refractivity contribution < 1.29 is 13.9 Å². The Morgan fingerprint density at radius 3 is 3.14 bits per heavy atom. The van der Waals surface area contributed by atoms with Gasteiger partial charge < -0.3 is 14.5 Å². The molecule has 0 unspecified atom stereocenters. The van der Waals surface area contributed by atoms with E-state index in [0.717, 1.165) is 29.9 Å². The highest BCUT2D eigenvalue weighted by molar-refractivity contribution is 6.30. The first-order valence-corrected chi connectivity index (χ1v) is 7.80. The molecule has 114 valence electrons. The minimum absolute atomic E-state index is 0.0106. The molecular formula is C17H16ClNO3. The lowest BCUT2D eigenvalue weighted by Gasteiger charge is -2.27. The normalized spacial score (nSPS) is 25.4. The van der Waals surface area contributed by atoms with E-state index in [4.69, 9.17) is 20.8 Å². The second kappa shape index (κ2) is 5.06. The Hall–Kier alpha value is -1.94. The van der Waals surface area contributed by atoms with Crippen LogP contribution in [0.15, 0.2) is 41.0 Å². The highest BCUT2D eigenvalue weighted by Crippen LogP contribution is 2.61. The smallest absolute Gasteiger partial charge is 0.224 e. The summed E-state index contributed by atoms with van der Waals surface area (Å²) in [5, 5.41) is 3.64. The van der Waals surface area contributed by atoms with Crippen LogP contribution in [-0.2, 0) is 16.8 Å². The standard InChI is InChI=1S/C17H16ClNO3/c18-11-3-4-15-13(8-11)17(5-7-22-15)9-14(17)16(20)19-10-12-2-1-6-21-12/h1-4,6,8,14H,5,7,9-10H2,(H,19,20)/t14-,17-/m0/s1. The second-order valence-corrected chi connectivity index (χ2v) is 6.39. The molecule has 1 aliphatic heterocycles. The van der Waals surface area contributed by atoms with Gasteiger partial charge in [0, 0.05) is 21.9 Å². The van der Waals surface area contributed by atoms with Crippen LogP contribution in [0.25, 0.3) is 0 Å². The first kappa shape index (κ1) is 13.7. The number of halogens is 1. The van der Waals surface area contributed by atoms with E-state index in [1.807, 2.05) is 30.3 Å². The third-order valence-electron chi connectivity index (χ3n) is 4.69. The molecule has 5 heteroatoms. The highest BCUT2D eigenvalue weighted by Gasteiger charge is 2.61. The zero-order valence-electron chi connectivity index (χ0n) is 12.0. The number of carbonyl (C=O) groups is 1. The molecular weight excluding hydrogens is 302 g/mol. The molecule has 0 saturated heterocycles. The topological polar surface area (TPSA) is 51.5 Å². The molecule has 0 bridgehead atoms. The number of rotatable bonds is 3. The molecule has 2 aliphatic rings. The highest BCUT2D eigenvalue weighted by atomic mass is 35.5. The molecule has 1 aliphatic carbocycles. The molecule has 1 N–H and O–H groups in total. The number of benzene rings is 1. The summed E-state index contributed by atoms with van der Waals surface area (Å²) in [6.07, 6.45) is 3.32. The van der Waals surface area contributed by atoms with Gasteiger partial charge in [-0.15, -0.1) is 0 Å². The minimum atomic E-state index is -0.105. The van der Waals surface area contributed by atoms with E-state index in [-0.39, 0.29) is 17.2 Å². The first-order chi connectivity index (χ1) is 10.7. The molecule has 0 radical (unpaired) electrons. The second-order valence-electron chi connectivity index (χ2n) is 5.95. The first-order valence-electron chi connectivity index (χ1n) is 7.42. The fraction of sp³-hybridized carbons (Fsp3) is 0.353. The van der Waals surface area contributed by atoms with Crippen LogP contribution in [0.4, 0.5) is 0 Å². The summed E-state index contributed by atoms with van der Waals surface area (Å²) < 4.78 is 10.9. The number of ether oxygens (including phenoxy) is 1. The van der Waals surface area contributed by atoms with Crippen molar-refractivity contribution in [1.29, 1.82) is 0 Å². The van der Waals surface area contributed by atoms with E-state index in [9.17, 15) is 4.79 Å². The number of hydrogen-bond donors (Lipinski definition) is 1. The van der Waals surface area contributed by atoms with Gasteiger partial charge in [-0.05, 0) is 43.2 Å². The van der Waals surface area contributed by atoms with E-state index in [1.165, 1.54) is 0 Å². The van der Waals surface area contributed by atoms with Gasteiger partial charge >= 0.3 is 0 Å². The fourth-order valence-corrected chi connectivity index (χ4v) is 3.60. The quantitative estimate of drug-likeness (QED) is 0.945. The fourth-order valence-electron chi connectivity index (χ4n) is 3.43. The maximum Gasteiger partial charge on any atom is 0.224 e. The van der Waals surface area contributed by atoms with Crippen LogP contribution in [0, 0.1) is 5.92 Å². The summed E-state index contributed by atoms with van der Waals surface area (Å²) in [5.74, 6) is 1.68. The molecule has 1 amide bonds. The summed E-state index contributed by atoms with van der Waals surface area (Å²) >= 11 is 6.12. The van der Waals surface area contributed by atoms with Crippen LogP contribution in [-0.4, -0.2) is 12.5 Å². The molecule has 4 rings (SSSR count). The van der Waals surface area contributed by atoms with E-state index in [0.29, 0.717) is 18.2 Å². The molecule has 2 heterocycles. The molecule has 1 aromatic heterocycles. The summed E-state index contributed by atoms with van der Waals surface area (Å²) in [6, 6.07) is 9.33. The van der Waals surface area contributed by atoms with E-state index in [1.54, 1.807) is 6.26 Å². The van der Waals surface area contributed by atoms with Gasteiger partial charge in [0.25, 0.3) is 0 Å². The lowest BCUT2D eigenvalue weighted by molar-refractivity contribution is -0.123. The lowest BCUT2D eigenvalue weighted by Crippen LogP contribution is -2.30. The zero-order valence-corrected chi connectivity index (χ0v) is 12.7. The monoisotopic (exact) mass is 317 g/mol. The summed E-state index contributed by atoms with van der Waals surface area (Å²) in [7, 11) is 0. The summed E-state index contributed by atoms with van der Waals surface area (Å²) in [5.41, 5.74) is 0.968. The number of fused-ring (bicyclic) bond motifs is 2. The van der Waals surface area contributed by atoms with E-state index in [2.05, 4.69) is 5.32 Å². The molecule has 2 atom stereocenters. The predicted molar refractivity (Wildman–Crippen MR) is 81.9 cm³/mol. The number of carbonyl (C=O) groups excluding carboxylic acids is 1. The van der Waals surface area contributed by atoms with Crippen LogP contribution in [0.2, 0.25) is 5.02 Å². The van der Waals surface area contributed by atoms with Gasteiger partial charge in [-0.25, -0.2) is 0 Å². The van der Waals surface area contributed by atoms with Crippen molar-refractivity contribution in [3.05, 3.63) is 52.9 Å². The maximum absolute atomic E-state index is 12.4. The van der Waals surface area contributed by atoms with Gasteiger partial charge in [-0.3, -0.25) is 4.79 Å². The van der Waals surface area contributed by atoms with Crippen LogP contribution >= 0.6 is 11.6 Å². The maximum atomic E-state index is 12.4. The Labute approximate surface area is 133 Å². The van der Waals surface area contributed by atoms with Crippen LogP contribution < -0.4 is 10.1 Å². The van der Waals surface area contributed by atoms with Crippen molar-refractivity contribution in [2.45, 2.75) is 24.8 Å². The van der Waals surface area contributed by atoms with Gasteiger partial charge in [0.1, 0.15) is 11.5 Å². The molecule has 1 fully saturated rings. The Morgan fingerprint density at radius 1 is 1.41 bits per heavy atom. The third kappa shape index (κ3) is 2.18. The van der Waals surface area contributed by atoms with Gasteiger partial charge in [0.05, 0.1) is 19.4 Å². The number of furan rings is 1. The number of hydrogen-bond acceptors (Lipinski definition) is 3. The molecule has 1 spiro atoms. The Balaban J connectivity index is 1.51. The van der Waals surface area contributed by atoms with Gasteiger partial charge in [0.2, 0.25) is 5.91 Å². The average molecular weight is 318 g/mol. The Kier molecular flexibility index (Phi) is 3.15. The van der Waals surface area contributed by atoms with E-state index >= 15 is 0 Å². The average Bonchev–Trinajstić information content (AvgIpc) is 2.99. The SMILES string of the molecule is O=C(NCc1ccco1)[C@@H]1C[C@]12CCOc1ccc(Cl)cc12. The Morgan fingerprint density at radius 2 is 2.32 bits per heavy atom. The molecule has 22 heavy (non-hydrogen) atoms. The van der Waals surface area contributed by atoms with Crippen molar-refractivity contribution in [1.82, 2.24) is 5.32 Å². The van der Waals surface area contributed by atoms with Crippen molar-refractivity contribution >= 4 is 17.5 Å². The zero-order chi connectivity index (χ0) is 15.2. The minimum Gasteiger partial charge on any atom is -0.493 e. The Bertz CT molecular complexity index is 713. The van der Waals surface area contributed by atoms with Gasteiger partial charge in [0.15, 0.2) is 0 Å². The van der Waals surface area contributed by atoms with Crippen molar-refractivity contribution in [2.75, 3.05) is 6.61 Å². The molecule has 2 aromatic rings. The number of nitrogens with one attached hydrogen (secondary N) is 1.